The lowest BCUT2D eigenvalue weighted by Crippen LogP contribution is -2.43. The number of nitrogens with zero attached hydrogens (tertiary/aromatic N) is 1. The molecule has 2 amide bonds. The van der Waals surface area contributed by atoms with E-state index in [2.05, 4.69) is 10.6 Å². The SMILES string of the molecule is CC(=O)N1c2ccc(C(=O)Nc3ccc(CCCCC(=O)O)cc3)cc2C(Nc2ccc(Cl)cc2)CC1C. The van der Waals surface area contributed by atoms with Crippen molar-refractivity contribution in [2.24, 2.45) is 0 Å². The van der Waals surface area contributed by atoms with E-state index in [4.69, 9.17) is 16.7 Å². The van der Waals surface area contributed by atoms with E-state index in [0.717, 1.165) is 35.3 Å². The van der Waals surface area contributed by atoms with Gasteiger partial charge in [-0.05, 0) is 98.3 Å². The maximum atomic E-state index is 13.2. The van der Waals surface area contributed by atoms with Crippen LogP contribution in [0, 0.1) is 0 Å². The molecule has 0 aliphatic carbocycles. The number of carbonyl (C=O) groups excluding carboxylic acids is 2. The number of fused-ring (bicyclic) bond motifs is 1. The van der Waals surface area contributed by atoms with Crippen LogP contribution in [0.1, 0.15) is 67.1 Å². The normalized spacial score (nSPS) is 16.4. The first-order valence-electron chi connectivity index (χ1n) is 12.8. The molecule has 0 saturated carbocycles. The zero-order valence-electron chi connectivity index (χ0n) is 21.5. The molecule has 0 spiro atoms. The first-order chi connectivity index (χ1) is 18.2. The highest BCUT2D eigenvalue weighted by molar-refractivity contribution is 6.30. The highest BCUT2D eigenvalue weighted by atomic mass is 35.5. The molecule has 0 saturated heterocycles. The standard InChI is InChI=1S/C30H32ClN3O4/c1-19-17-27(32-24-14-10-23(31)11-15-24)26-18-22(9-16-28(26)34(19)20(2)35)30(38)33-25-12-7-21(8-13-25)5-3-4-6-29(36)37/h7-16,18-19,27,32H,3-6,17H2,1-2H3,(H,33,38)(H,36,37). The Hall–Kier alpha value is -3.84. The summed E-state index contributed by atoms with van der Waals surface area (Å²) in [6, 6.07) is 20.4. The van der Waals surface area contributed by atoms with E-state index in [1.54, 1.807) is 17.9 Å². The molecule has 0 radical (unpaired) electrons. The van der Waals surface area contributed by atoms with Crippen LogP contribution in [0.25, 0.3) is 0 Å². The van der Waals surface area contributed by atoms with Crippen LogP contribution in [0.15, 0.2) is 66.7 Å². The second-order valence-corrected chi connectivity index (χ2v) is 10.1. The molecule has 2 atom stereocenters. The molecule has 198 valence electrons. The largest absolute Gasteiger partial charge is 0.481 e. The number of hydrogen-bond acceptors (Lipinski definition) is 4. The van der Waals surface area contributed by atoms with Gasteiger partial charge in [-0.2, -0.15) is 0 Å². The minimum Gasteiger partial charge on any atom is -0.481 e. The molecule has 1 aliphatic rings. The molecule has 38 heavy (non-hydrogen) atoms. The molecule has 2 unspecified atom stereocenters. The molecule has 8 heteroatoms. The zero-order chi connectivity index (χ0) is 27.2. The van der Waals surface area contributed by atoms with Crippen molar-refractivity contribution in [2.45, 2.75) is 58.0 Å². The van der Waals surface area contributed by atoms with E-state index in [-0.39, 0.29) is 30.3 Å². The van der Waals surface area contributed by atoms with Crippen molar-refractivity contribution in [3.05, 3.63) is 88.4 Å². The van der Waals surface area contributed by atoms with Crippen LogP contribution in [-0.2, 0) is 16.0 Å². The summed E-state index contributed by atoms with van der Waals surface area (Å²) in [5.41, 5.74) is 4.87. The molecule has 1 heterocycles. The summed E-state index contributed by atoms with van der Waals surface area (Å²) in [6.45, 7) is 3.58. The Morgan fingerprint density at radius 2 is 1.66 bits per heavy atom. The zero-order valence-corrected chi connectivity index (χ0v) is 22.3. The van der Waals surface area contributed by atoms with Crippen LogP contribution in [0.3, 0.4) is 0 Å². The number of nitrogens with one attached hydrogen (secondary N) is 2. The summed E-state index contributed by atoms with van der Waals surface area (Å²) in [5, 5.41) is 15.9. The number of hydrogen-bond donors (Lipinski definition) is 3. The molecule has 3 aromatic rings. The molecule has 7 nitrogen and oxygen atoms in total. The number of unbranched alkanes of at least 4 members (excludes halogenated alkanes) is 1. The molecule has 4 rings (SSSR count). The fourth-order valence-corrected chi connectivity index (χ4v) is 5.06. The predicted molar refractivity (Wildman–Crippen MR) is 151 cm³/mol. The van der Waals surface area contributed by atoms with Gasteiger partial charge in [-0.1, -0.05) is 23.7 Å². The molecule has 0 bridgehead atoms. The lowest BCUT2D eigenvalue weighted by atomic mass is 9.90. The Kier molecular flexibility index (Phi) is 8.69. The van der Waals surface area contributed by atoms with Gasteiger partial charge < -0.3 is 20.6 Å². The van der Waals surface area contributed by atoms with Gasteiger partial charge in [0.25, 0.3) is 5.91 Å². The van der Waals surface area contributed by atoms with E-state index >= 15 is 0 Å². The molecule has 1 aliphatic heterocycles. The summed E-state index contributed by atoms with van der Waals surface area (Å²) in [5.74, 6) is -1.05. The van der Waals surface area contributed by atoms with Gasteiger partial charge in [0.15, 0.2) is 0 Å². The molecule has 3 N–H and O–H groups in total. The van der Waals surface area contributed by atoms with Crippen molar-refractivity contribution in [1.29, 1.82) is 0 Å². The summed E-state index contributed by atoms with van der Waals surface area (Å²) >= 11 is 6.05. The number of benzene rings is 3. The molecule has 3 aromatic carbocycles. The van der Waals surface area contributed by atoms with Crippen LogP contribution in [-0.4, -0.2) is 28.9 Å². The number of anilines is 3. The summed E-state index contributed by atoms with van der Waals surface area (Å²) in [6.07, 6.45) is 3.09. The van der Waals surface area contributed by atoms with Crippen LogP contribution < -0.4 is 15.5 Å². The average Bonchev–Trinajstić information content (AvgIpc) is 2.88. The lowest BCUT2D eigenvalue weighted by Gasteiger charge is -2.39. The van der Waals surface area contributed by atoms with Crippen molar-refractivity contribution in [1.82, 2.24) is 0 Å². The van der Waals surface area contributed by atoms with E-state index in [0.29, 0.717) is 29.1 Å². The monoisotopic (exact) mass is 533 g/mol. The quantitative estimate of drug-likeness (QED) is 0.266. The Bertz CT molecular complexity index is 1310. The van der Waals surface area contributed by atoms with Crippen LogP contribution in [0.4, 0.5) is 17.1 Å². The Morgan fingerprint density at radius 3 is 2.32 bits per heavy atom. The van der Waals surface area contributed by atoms with E-state index in [1.807, 2.05) is 67.6 Å². The van der Waals surface area contributed by atoms with Gasteiger partial charge in [-0.15, -0.1) is 0 Å². The molecular formula is C30H32ClN3O4. The molecule has 0 aromatic heterocycles. The summed E-state index contributed by atoms with van der Waals surface area (Å²) < 4.78 is 0. The minimum atomic E-state index is -0.777. The van der Waals surface area contributed by atoms with E-state index in [9.17, 15) is 14.4 Å². The van der Waals surface area contributed by atoms with Crippen LogP contribution >= 0.6 is 11.6 Å². The fraction of sp³-hybridized carbons (Fsp3) is 0.300. The van der Waals surface area contributed by atoms with Gasteiger partial charge in [0, 0.05) is 47.0 Å². The minimum absolute atomic E-state index is 0.00730. The number of aliphatic carboxylic acids is 1. The van der Waals surface area contributed by atoms with Gasteiger partial charge in [0.05, 0.1) is 6.04 Å². The Morgan fingerprint density at radius 1 is 0.974 bits per heavy atom. The summed E-state index contributed by atoms with van der Waals surface area (Å²) in [4.78, 5) is 38.1. The van der Waals surface area contributed by atoms with Crippen LogP contribution in [0.2, 0.25) is 5.02 Å². The maximum Gasteiger partial charge on any atom is 0.303 e. The van der Waals surface area contributed by atoms with Gasteiger partial charge >= 0.3 is 5.97 Å². The lowest BCUT2D eigenvalue weighted by molar-refractivity contribution is -0.137. The highest BCUT2D eigenvalue weighted by Gasteiger charge is 2.33. The average molecular weight is 534 g/mol. The van der Waals surface area contributed by atoms with Gasteiger partial charge in [0.2, 0.25) is 5.91 Å². The number of halogens is 1. The Balaban J connectivity index is 1.51. The molecular weight excluding hydrogens is 502 g/mol. The van der Waals surface area contributed by atoms with Crippen molar-refractivity contribution in [3.63, 3.8) is 0 Å². The number of carbonyl (C=O) groups is 3. The van der Waals surface area contributed by atoms with Gasteiger partial charge in [0.1, 0.15) is 0 Å². The first-order valence-corrected chi connectivity index (χ1v) is 13.2. The Labute approximate surface area is 227 Å². The van der Waals surface area contributed by atoms with Crippen molar-refractivity contribution < 1.29 is 19.5 Å². The first kappa shape index (κ1) is 27.2. The number of amides is 2. The second kappa shape index (κ2) is 12.1. The van der Waals surface area contributed by atoms with Gasteiger partial charge in [-0.3, -0.25) is 14.4 Å². The third-order valence-electron chi connectivity index (χ3n) is 6.78. The van der Waals surface area contributed by atoms with Gasteiger partial charge in [-0.25, -0.2) is 0 Å². The van der Waals surface area contributed by atoms with Crippen molar-refractivity contribution in [2.75, 3.05) is 15.5 Å². The number of carboxylic acid groups (broad SMARTS) is 1. The number of carboxylic acids is 1. The van der Waals surface area contributed by atoms with E-state index < -0.39 is 5.97 Å². The number of rotatable bonds is 9. The smallest absolute Gasteiger partial charge is 0.303 e. The second-order valence-electron chi connectivity index (χ2n) is 9.70. The highest BCUT2D eigenvalue weighted by Crippen LogP contribution is 2.40. The van der Waals surface area contributed by atoms with Crippen molar-refractivity contribution in [3.8, 4) is 0 Å². The van der Waals surface area contributed by atoms with Crippen molar-refractivity contribution >= 4 is 46.4 Å². The third kappa shape index (κ3) is 6.72. The summed E-state index contributed by atoms with van der Waals surface area (Å²) in [7, 11) is 0. The number of aryl methyl sites for hydroxylation is 1. The topological polar surface area (TPSA) is 98.7 Å². The molecule has 0 fully saturated rings. The predicted octanol–water partition coefficient (Wildman–Crippen LogP) is 6.69. The van der Waals surface area contributed by atoms with Crippen LogP contribution in [0.5, 0.6) is 0 Å². The fourth-order valence-electron chi connectivity index (χ4n) is 4.93. The van der Waals surface area contributed by atoms with E-state index in [1.165, 1.54) is 0 Å². The maximum absolute atomic E-state index is 13.2. The third-order valence-corrected chi connectivity index (χ3v) is 7.04.